The Morgan fingerprint density at radius 3 is 2.95 bits per heavy atom. The molecule has 0 saturated carbocycles. The number of anilines is 1. The van der Waals surface area contributed by atoms with E-state index in [0.717, 1.165) is 18.8 Å². The highest BCUT2D eigenvalue weighted by Crippen LogP contribution is 2.36. The van der Waals surface area contributed by atoms with Crippen molar-refractivity contribution in [1.29, 1.82) is 0 Å². The Hall–Kier alpha value is -2.02. The van der Waals surface area contributed by atoms with Crippen LogP contribution in [-0.4, -0.2) is 25.5 Å². The zero-order chi connectivity index (χ0) is 14.7. The highest BCUT2D eigenvalue weighted by molar-refractivity contribution is 6.03. The minimum absolute atomic E-state index is 0.127. The predicted octanol–water partition coefficient (Wildman–Crippen LogP) is 0.764. The van der Waals surface area contributed by atoms with Crippen LogP contribution in [0.25, 0.3) is 0 Å². The Bertz CT molecular complexity index is 518. The van der Waals surface area contributed by atoms with Gasteiger partial charge in [0.25, 0.3) is 0 Å². The van der Waals surface area contributed by atoms with Crippen molar-refractivity contribution in [2.75, 3.05) is 24.6 Å². The molecule has 5 N–H and O–H groups in total. The molecule has 0 fully saturated rings. The van der Waals surface area contributed by atoms with Gasteiger partial charge in [0.2, 0.25) is 0 Å². The van der Waals surface area contributed by atoms with Gasteiger partial charge in [-0.3, -0.25) is 0 Å². The molecular weight excluding hydrogens is 261 g/mol. The lowest BCUT2D eigenvalue weighted by Crippen LogP contribution is -2.37. The average Bonchev–Trinajstić information content (AvgIpc) is 2.37. The first-order valence-corrected chi connectivity index (χ1v) is 6.53. The van der Waals surface area contributed by atoms with Crippen molar-refractivity contribution in [3.8, 4) is 5.75 Å². The molecule has 0 aromatic heterocycles. The third-order valence-electron chi connectivity index (χ3n) is 3.02. The van der Waals surface area contributed by atoms with E-state index in [1.807, 2.05) is 0 Å². The molecule has 6 nitrogen and oxygen atoms in total. The van der Waals surface area contributed by atoms with Gasteiger partial charge in [-0.1, -0.05) is 13.8 Å². The van der Waals surface area contributed by atoms with Crippen LogP contribution in [0, 0.1) is 11.7 Å². The quantitative estimate of drug-likeness (QED) is 0.328. The van der Waals surface area contributed by atoms with Crippen molar-refractivity contribution in [3.05, 3.63) is 23.5 Å². The molecule has 0 amide bonds. The largest absolute Gasteiger partial charge is 0.489 e. The number of hydrogen-bond donors (Lipinski definition) is 3. The van der Waals surface area contributed by atoms with Crippen molar-refractivity contribution in [3.63, 3.8) is 0 Å². The second-order valence-electron chi connectivity index (χ2n) is 5.11. The first-order valence-electron chi connectivity index (χ1n) is 6.53. The van der Waals surface area contributed by atoms with E-state index in [9.17, 15) is 4.39 Å². The van der Waals surface area contributed by atoms with Crippen LogP contribution >= 0.6 is 0 Å². The second kappa shape index (κ2) is 5.96. The highest BCUT2D eigenvalue weighted by atomic mass is 19.1. The average molecular weight is 281 g/mol. The number of amidine groups is 1. The van der Waals surface area contributed by atoms with Crippen LogP contribution in [0.1, 0.15) is 19.4 Å². The number of rotatable bonds is 4. The summed E-state index contributed by atoms with van der Waals surface area (Å²) < 4.78 is 19.2. The van der Waals surface area contributed by atoms with Gasteiger partial charge in [-0.2, -0.15) is 0 Å². The summed E-state index contributed by atoms with van der Waals surface area (Å²) in [5.74, 6) is 5.80. The number of halogens is 1. The Balaban J connectivity index is 2.51. The standard InChI is InChI=1S/C13H20FN5O/c1-8(2)7-19-3-4-20-11-6-9(14)5-10(12(11)19)13(15)17-18-16/h5-6,8,18H,3-4,7,16H2,1-2H3,(H2,15,17). The lowest BCUT2D eigenvalue weighted by Gasteiger charge is -2.34. The molecule has 1 aromatic carbocycles. The van der Waals surface area contributed by atoms with Crippen molar-refractivity contribution >= 4 is 11.5 Å². The zero-order valence-electron chi connectivity index (χ0n) is 11.7. The maximum Gasteiger partial charge on any atom is 0.154 e. The third kappa shape index (κ3) is 2.93. The van der Waals surface area contributed by atoms with E-state index in [2.05, 4.69) is 29.4 Å². The van der Waals surface area contributed by atoms with Gasteiger partial charge in [-0.15, -0.1) is 5.10 Å². The number of nitrogens with zero attached hydrogens (tertiary/aromatic N) is 2. The lowest BCUT2D eigenvalue weighted by molar-refractivity contribution is 0.303. The van der Waals surface area contributed by atoms with Crippen LogP contribution in [0.15, 0.2) is 17.2 Å². The molecule has 1 aromatic rings. The molecule has 0 unspecified atom stereocenters. The summed E-state index contributed by atoms with van der Waals surface area (Å²) in [5, 5.41) is 3.73. The molecule has 0 spiro atoms. The molecule has 2 rings (SSSR count). The molecule has 0 radical (unpaired) electrons. The van der Waals surface area contributed by atoms with E-state index >= 15 is 0 Å². The topological polar surface area (TPSA) is 88.9 Å². The number of nitrogens with two attached hydrogens (primary N) is 2. The zero-order valence-corrected chi connectivity index (χ0v) is 11.7. The van der Waals surface area contributed by atoms with Crippen LogP contribution < -0.4 is 26.7 Å². The van der Waals surface area contributed by atoms with Gasteiger partial charge >= 0.3 is 0 Å². The minimum atomic E-state index is -0.416. The van der Waals surface area contributed by atoms with Crippen molar-refractivity contribution in [2.45, 2.75) is 13.8 Å². The number of nitrogens with one attached hydrogen (secondary N) is 1. The van der Waals surface area contributed by atoms with Crippen LogP contribution in [0.4, 0.5) is 10.1 Å². The Labute approximate surface area is 117 Å². The summed E-state index contributed by atoms with van der Waals surface area (Å²) in [4.78, 5) is 2.14. The van der Waals surface area contributed by atoms with Crippen LogP contribution in [0.2, 0.25) is 0 Å². The summed E-state index contributed by atoms with van der Waals surface area (Å²) in [5.41, 5.74) is 9.23. The molecule has 20 heavy (non-hydrogen) atoms. The number of benzene rings is 1. The highest BCUT2D eigenvalue weighted by Gasteiger charge is 2.25. The van der Waals surface area contributed by atoms with E-state index in [1.165, 1.54) is 12.1 Å². The van der Waals surface area contributed by atoms with E-state index in [1.54, 1.807) is 0 Å². The smallest absolute Gasteiger partial charge is 0.154 e. The first kappa shape index (κ1) is 14.4. The van der Waals surface area contributed by atoms with Gasteiger partial charge in [0.15, 0.2) is 5.84 Å². The Morgan fingerprint density at radius 1 is 1.55 bits per heavy atom. The third-order valence-corrected chi connectivity index (χ3v) is 3.02. The number of hydrogen-bond acceptors (Lipinski definition) is 5. The Kier molecular flexibility index (Phi) is 4.29. The van der Waals surface area contributed by atoms with E-state index in [-0.39, 0.29) is 5.84 Å². The number of hydrazine groups is 1. The number of fused-ring (bicyclic) bond motifs is 1. The predicted molar refractivity (Wildman–Crippen MR) is 77.0 cm³/mol. The fourth-order valence-electron chi connectivity index (χ4n) is 2.34. The summed E-state index contributed by atoms with van der Waals surface area (Å²) in [7, 11) is 0. The summed E-state index contributed by atoms with van der Waals surface area (Å²) >= 11 is 0. The van der Waals surface area contributed by atoms with Crippen LogP contribution in [-0.2, 0) is 0 Å². The summed E-state index contributed by atoms with van der Waals surface area (Å²) in [6.45, 7) is 6.33. The van der Waals surface area contributed by atoms with Gasteiger partial charge in [0.1, 0.15) is 18.2 Å². The molecule has 0 aliphatic carbocycles. The lowest BCUT2D eigenvalue weighted by atomic mass is 10.1. The maximum atomic E-state index is 13.7. The molecule has 1 aliphatic heterocycles. The fourth-order valence-corrected chi connectivity index (χ4v) is 2.34. The molecule has 1 heterocycles. The fraction of sp³-hybridized carbons (Fsp3) is 0.462. The van der Waals surface area contributed by atoms with Gasteiger partial charge in [0.05, 0.1) is 12.2 Å². The summed E-state index contributed by atoms with van der Waals surface area (Å²) in [6.07, 6.45) is 0. The van der Waals surface area contributed by atoms with Gasteiger partial charge < -0.3 is 15.4 Å². The maximum absolute atomic E-state index is 13.7. The number of hydrazone groups is 1. The van der Waals surface area contributed by atoms with Crippen LogP contribution in [0.5, 0.6) is 5.75 Å². The van der Waals surface area contributed by atoms with Gasteiger partial charge in [-0.05, 0) is 12.0 Å². The van der Waals surface area contributed by atoms with Gasteiger partial charge in [-0.25, -0.2) is 15.8 Å². The van der Waals surface area contributed by atoms with E-state index in [4.69, 9.17) is 16.3 Å². The molecule has 0 bridgehead atoms. The molecule has 0 atom stereocenters. The van der Waals surface area contributed by atoms with Crippen LogP contribution in [0.3, 0.4) is 0 Å². The van der Waals surface area contributed by atoms with E-state index in [0.29, 0.717) is 23.8 Å². The molecule has 0 saturated heterocycles. The van der Waals surface area contributed by atoms with Crippen molar-refractivity contribution in [1.82, 2.24) is 5.53 Å². The molecule has 110 valence electrons. The first-order chi connectivity index (χ1) is 9.52. The number of ether oxygens (including phenoxy) is 1. The van der Waals surface area contributed by atoms with Crippen molar-refractivity contribution < 1.29 is 9.13 Å². The summed E-state index contributed by atoms with van der Waals surface area (Å²) in [6, 6.07) is 2.71. The monoisotopic (exact) mass is 281 g/mol. The normalized spacial score (nSPS) is 15.1. The molecular formula is C13H20FN5O. The second-order valence-corrected chi connectivity index (χ2v) is 5.11. The van der Waals surface area contributed by atoms with Gasteiger partial charge in [0, 0.05) is 18.2 Å². The Morgan fingerprint density at radius 2 is 2.30 bits per heavy atom. The minimum Gasteiger partial charge on any atom is -0.489 e. The van der Waals surface area contributed by atoms with Crippen molar-refractivity contribution in [2.24, 2.45) is 22.6 Å². The van der Waals surface area contributed by atoms with E-state index < -0.39 is 5.82 Å². The molecule has 7 heteroatoms. The molecule has 1 aliphatic rings. The SMILES string of the molecule is CC(C)CN1CCOc2cc(F)cc(/C(N)=N/NN)c21.